The number of benzene rings is 2. The molecular weight excluding hydrogens is 389 g/mol. The summed E-state index contributed by atoms with van der Waals surface area (Å²) in [6.45, 7) is 0. The Hall–Kier alpha value is -2.63. The van der Waals surface area contributed by atoms with Crippen LogP contribution in [0.2, 0.25) is 0 Å². The van der Waals surface area contributed by atoms with Gasteiger partial charge in [-0.1, -0.05) is 30.3 Å². The highest BCUT2D eigenvalue weighted by Crippen LogP contribution is 2.24. The van der Waals surface area contributed by atoms with Gasteiger partial charge in [0.15, 0.2) is 0 Å². The van der Waals surface area contributed by atoms with Gasteiger partial charge in [-0.25, -0.2) is 13.9 Å². The van der Waals surface area contributed by atoms with Gasteiger partial charge in [0.2, 0.25) is 10.0 Å². The number of rotatable bonds is 7. The van der Waals surface area contributed by atoms with Gasteiger partial charge >= 0.3 is 6.36 Å². The summed E-state index contributed by atoms with van der Waals surface area (Å²) >= 11 is 0. The minimum Gasteiger partial charge on any atom is -0.406 e. The molecule has 0 spiro atoms. The van der Waals surface area contributed by atoms with E-state index in [2.05, 4.69) is 9.46 Å². The summed E-state index contributed by atoms with van der Waals surface area (Å²) < 4.78 is 67.1. The first-order chi connectivity index (χ1) is 12.6. The first-order valence-electron chi connectivity index (χ1n) is 7.47. The van der Waals surface area contributed by atoms with Crippen molar-refractivity contribution in [2.24, 2.45) is 0 Å². The first kappa shape index (κ1) is 20.7. The van der Waals surface area contributed by atoms with E-state index in [0.717, 1.165) is 24.3 Å². The van der Waals surface area contributed by atoms with Gasteiger partial charge in [0.1, 0.15) is 11.8 Å². The van der Waals surface area contributed by atoms with E-state index in [-0.39, 0.29) is 11.3 Å². The van der Waals surface area contributed by atoms with Crippen molar-refractivity contribution in [2.45, 2.75) is 23.7 Å². The quantitative estimate of drug-likeness (QED) is 0.484. The molecule has 0 radical (unpaired) electrons. The van der Waals surface area contributed by atoms with Crippen molar-refractivity contribution in [1.29, 1.82) is 0 Å². The van der Waals surface area contributed by atoms with Crippen LogP contribution in [-0.4, -0.2) is 31.9 Å². The van der Waals surface area contributed by atoms with Crippen LogP contribution in [0.5, 0.6) is 5.75 Å². The highest BCUT2D eigenvalue weighted by Gasteiger charge is 2.31. The summed E-state index contributed by atoms with van der Waals surface area (Å²) in [7, 11) is -4.25. The lowest BCUT2D eigenvalue weighted by atomic mass is 10.1. The van der Waals surface area contributed by atoms with Crippen LogP contribution < -0.4 is 14.9 Å². The molecule has 0 aromatic heterocycles. The van der Waals surface area contributed by atoms with E-state index in [1.807, 2.05) is 0 Å². The molecule has 1 atom stereocenters. The normalized spacial score (nSPS) is 13.0. The zero-order chi connectivity index (χ0) is 20.1. The summed E-state index contributed by atoms with van der Waals surface area (Å²) in [6, 6.07) is 10.6. The SMILES string of the molecule is O=C(NO)C(Cc1ccccc1)NS(=O)(=O)c1ccc(OC(F)(F)F)cc1. The fourth-order valence-corrected chi connectivity index (χ4v) is 3.39. The van der Waals surface area contributed by atoms with Crippen molar-refractivity contribution in [1.82, 2.24) is 10.2 Å². The highest BCUT2D eigenvalue weighted by atomic mass is 32.2. The molecule has 7 nitrogen and oxygen atoms in total. The molecule has 2 aromatic carbocycles. The highest BCUT2D eigenvalue weighted by molar-refractivity contribution is 7.89. The number of nitrogens with one attached hydrogen (secondary N) is 2. The fraction of sp³-hybridized carbons (Fsp3) is 0.188. The lowest BCUT2D eigenvalue weighted by Crippen LogP contribution is -2.47. The Labute approximate surface area is 152 Å². The number of hydroxylamine groups is 1. The van der Waals surface area contributed by atoms with Crippen molar-refractivity contribution in [2.75, 3.05) is 0 Å². The molecule has 0 aliphatic carbocycles. The van der Waals surface area contributed by atoms with Crippen LogP contribution in [0, 0.1) is 0 Å². The number of halogens is 3. The van der Waals surface area contributed by atoms with Crippen LogP contribution in [0.25, 0.3) is 0 Å². The molecule has 1 unspecified atom stereocenters. The Kier molecular flexibility index (Phi) is 6.41. The van der Waals surface area contributed by atoms with E-state index in [0.29, 0.717) is 5.56 Å². The van der Waals surface area contributed by atoms with E-state index >= 15 is 0 Å². The Morgan fingerprint density at radius 2 is 1.67 bits per heavy atom. The molecule has 2 aromatic rings. The maximum Gasteiger partial charge on any atom is 0.573 e. The van der Waals surface area contributed by atoms with E-state index in [1.54, 1.807) is 30.3 Å². The third-order valence-electron chi connectivity index (χ3n) is 3.37. The molecular formula is C16H15F3N2O5S. The molecule has 0 heterocycles. The second-order valence-electron chi connectivity index (χ2n) is 5.36. The summed E-state index contributed by atoms with van der Waals surface area (Å²) in [6.07, 6.45) is -4.96. The third kappa shape index (κ3) is 6.24. The predicted molar refractivity (Wildman–Crippen MR) is 87.3 cm³/mol. The smallest absolute Gasteiger partial charge is 0.406 e. The summed E-state index contributed by atoms with van der Waals surface area (Å²) in [5.74, 6) is -1.57. The molecule has 3 N–H and O–H groups in total. The standard InChI is InChI=1S/C16H15F3N2O5S/c17-16(18,19)26-12-6-8-13(9-7-12)27(24,25)21-14(15(22)20-23)10-11-4-2-1-3-5-11/h1-9,14,21,23H,10H2,(H,20,22). The van der Waals surface area contributed by atoms with Crippen LogP contribution in [0.4, 0.5) is 13.2 Å². The maximum atomic E-state index is 12.4. The van der Waals surface area contributed by atoms with Gasteiger partial charge in [-0.15, -0.1) is 13.2 Å². The maximum absolute atomic E-state index is 12.4. The van der Waals surface area contributed by atoms with Gasteiger partial charge in [0, 0.05) is 0 Å². The Balaban J connectivity index is 2.19. The van der Waals surface area contributed by atoms with Crippen molar-refractivity contribution in [3.05, 3.63) is 60.2 Å². The molecule has 1 amide bonds. The molecule has 0 saturated carbocycles. The molecule has 0 fully saturated rings. The Morgan fingerprint density at radius 3 is 2.19 bits per heavy atom. The predicted octanol–water partition coefficient (Wildman–Crippen LogP) is 1.98. The average molecular weight is 404 g/mol. The van der Waals surface area contributed by atoms with Crippen molar-refractivity contribution >= 4 is 15.9 Å². The third-order valence-corrected chi connectivity index (χ3v) is 4.86. The minimum atomic E-state index is -4.90. The van der Waals surface area contributed by atoms with Gasteiger partial charge in [0.05, 0.1) is 4.90 Å². The number of hydrogen-bond acceptors (Lipinski definition) is 5. The van der Waals surface area contributed by atoms with E-state index < -0.39 is 34.1 Å². The molecule has 27 heavy (non-hydrogen) atoms. The molecule has 0 aliphatic heterocycles. The topological polar surface area (TPSA) is 105 Å². The number of sulfonamides is 1. The number of carbonyl (C=O) groups excluding carboxylic acids is 1. The lowest BCUT2D eigenvalue weighted by molar-refractivity contribution is -0.274. The molecule has 2 rings (SSSR count). The van der Waals surface area contributed by atoms with Crippen LogP contribution in [0.3, 0.4) is 0 Å². The van der Waals surface area contributed by atoms with Gasteiger partial charge < -0.3 is 4.74 Å². The molecule has 0 saturated heterocycles. The zero-order valence-corrected chi connectivity index (χ0v) is 14.4. The second kappa shape index (κ2) is 8.37. The first-order valence-corrected chi connectivity index (χ1v) is 8.95. The van der Waals surface area contributed by atoms with Crippen molar-refractivity contribution < 1.29 is 36.3 Å². The molecule has 0 bridgehead atoms. The molecule has 146 valence electrons. The van der Waals surface area contributed by atoms with E-state index in [1.165, 1.54) is 5.48 Å². The number of carbonyl (C=O) groups is 1. The monoisotopic (exact) mass is 404 g/mol. The summed E-state index contributed by atoms with van der Waals surface area (Å²) in [5.41, 5.74) is 2.01. The Morgan fingerprint density at radius 1 is 1.07 bits per heavy atom. The van der Waals surface area contributed by atoms with Gasteiger partial charge in [-0.3, -0.25) is 10.0 Å². The van der Waals surface area contributed by atoms with E-state index in [4.69, 9.17) is 5.21 Å². The van der Waals surface area contributed by atoms with E-state index in [9.17, 15) is 26.4 Å². The van der Waals surface area contributed by atoms with Crippen LogP contribution in [0.1, 0.15) is 5.56 Å². The number of alkyl halides is 3. The van der Waals surface area contributed by atoms with Crippen LogP contribution in [-0.2, 0) is 21.2 Å². The largest absolute Gasteiger partial charge is 0.573 e. The van der Waals surface area contributed by atoms with Crippen LogP contribution in [0.15, 0.2) is 59.5 Å². The number of ether oxygens (including phenoxy) is 1. The van der Waals surface area contributed by atoms with Gasteiger partial charge in [0.25, 0.3) is 5.91 Å². The summed E-state index contributed by atoms with van der Waals surface area (Å²) in [4.78, 5) is 11.4. The zero-order valence-electron chi connectivity index (χ0n) is 13.6. The average Bonchev–Trinajstić information content (AvgIpc) is 2.60. The Bertz CT molecular complexity index is 871. The van der Waals surface area contributed by atoms with Gasteiger partial charge in [-0.05, 0) is 36.2 Å². The molecule has 0 aliphatic rings. The molecule has 11 heteroatoms. The lowest BCUT2D eigenvalue weighted by Gasteiger charge is -2.17. The number of hydrogen-bond donors (Lipinski definition) is 3. The summed E-state index contributed by atoms with van der Waals surface area (Å²) in [5, 5.41) is 8.84. The number of amides is 1. The second-order valence-corrected chi connectivity index (χ2v) is 7.07. The van der Waals surface area contributed by atoms with Crippen molar-refractivity contribution in [3.8, 4) is 5.75 Å². The van der Waals surface area contributed by atoms with Crippen molar-refractivity contribution in [3.63, 3.8) is 0 Å². The minimum absolute atomic E-state index is 0.0538. The van der Waals surface area contributed by atoms with Crippen LogP contribution >= 0.6 is 0 Å². The van der Waals surface area contributed by atoms with Gasteiger partial charge in [-0.2, -0.15) is 4.72 Å². The fourth-order valence-electron chi connectivity index (χ4n) is 2.19.